The fraction of sp³-hybridized carbons (Fsp3) is 0.477. The second-order valence-corrected chi connectivity index (χ2v) is 52.9. The van der Waals surface area contributed by atoms with Crippen molar-refractivity contribution in [3.8, 4) is 0 Å². The molecule has 0 radical (unpaired) electrons. The van der Waals surface area contributed by atoms with Gasteiger partial charge in [-0.2, -0.15) is 11.3 Å². The molecule has 3 aliphatic rings. The fourth-order valence-electron chi connectivity index (χ4n) is 12.9. The van der Waals surface area contributed by atoms with Gasteiger partial charge in [-0.15, -0.1) is 102 Å². The van der Waals surface area contributed by atoms with Crippen molar-refractivity contribution in [2.45, 2.75) is 268 Å². The number of carbonyl (C=O) groups excluding carboxylic acids is 8. The summed E-state index contributed by atoms with van der Waals surface area (Å²) in [6, 6.07) is 43.1. The monoisotopic (exact) mass is 2100 g/mol. The van der Waals surface area contributed by atoms with Gasteiger partial charge in [0.1, 0.15) is 5.76 Å². The van der Waals surface area contributed by atoms with E-state index in [4.69, 9.17) is 13.6 Å². The normalized spacial score (nSPS) is 13.8. The molecule has 23 nitrogen and oxygen atoms in total. The van der Waals surface area contributed by atoms with Crippen molar-refractivity contribution in [3.63, 3.8) is 0 Å². The summed E-state index contributed by atoms with van der Waals surface area (Å²) >= 11 is 15.9. The van der Waals surface area contributed by atoms with E-state index in [1.54, 1.807) is 151 Å². The van der Waals surface area contributed by atoms with Gasteiger partial charge in [-0.25, -0.2) is 20.0 Å². The first-order valence-electron chi connectivity index (χ1n) is 47.3. The van der Waals surface area contributed by atoms with Crippen molar-refractivity contribution in [2.75, 3.05) is 66.6 Å². The Hall–Kier alpha value is -8.88. The van der Waals surface area contributed by atoms with Crippen LogP contribution in [0.1, 0.15) is 336 Å². The van der Waals surface area contributed by atoms with Crippen molar-refractivity contribution in [1.29, 1.82) is 0 Å². The molecular weight excluding hydrogens is 1950 g/mol. The number of piperidine rings is 1. The minimum atomic E-state index is -0.0492. The predicted molar refractivity (Wildman–Crippen MR) is 587 cm³/mol. The Balaban J connectivity index is 0.000000196. The number of furan rings is 2. The Bertz CT molecular complexity index is 5290. The molecule has 12 aromatic heterocycles. The molecule has 0 spiro atoms. The number of carbonyl (C=O) groups is 8. The molecule has 15 rings (SSSR count). The average molecular weight is 2100 g/mol. The summed E-state index contributed by atoms with van der Waals surface area (Å²) in [5, 5.41) is 25.3. The van der Waals surface area contributed by atoms with E-state index < -0.39 is 0 Å². The second-order valence-electron chi connectivity index (χ2n) is 42.5. The number of nitrogens with zero attached hydrogens (tertiary/aromatic N) is 4. The molecule has 0 unspecified atom stereocenters. The summed E-state index contributed by atoms with van der Waals surface area (Å²) in [5.41, 5.74) is 14.6. The second kappa shape index (κ2) is 53.6. The van der Waals surface area contributed by atoms with Gasteiger partial charge >= 0.3 is 0 Å². The Labute approximate surface area is 870 Å². The molecule has 762 valence electrons. The maximum atomic E-state index is 12.1. The van der Waals surface area contributed by atoms with Gasteiger partial charge in [0.25, 0.3) is 47.3 Å². The molecule has 3 fully saturated rings. The number of hydrazine groups is 4. The first kappa shape index (κ1) is 116. The van der Waals surface area contributed by atoms with E-state index in [0.29, 0.717) is 39.4 Å². The van der Waals surface area contributed by atoms with Crippen molar-refractivity contribution in [3.05, 3.63) is 268 Å². The maximum Gasteiger partial charge on any atom is 0.275 e. The zero-order chi connectivity index (χ0) is 103. The minimum absolute atomic E-state index is 0.0155. The molecule has 0 saturated carbocycles. The van der Waals surface area contributed by atoms with E-state index in [1.165, 1.54) is 76.0 Å². The molecule has 0 aromatic carbocycles. The van der Waals surface area contributed by atoms with E-state index in [-0.39, 0.29) is 90.6 Å². The van der Waals surface area contributed by atoms with Gasteiger partial charge in [-0.3, -0.25) is 60.1 Å². The van der Waals surface area contributed by atoms with E-state index in [9.17, 15) is 38.4 Å². The standard InChI is InChI=1S/C14H22N2OS.2C14H17NO2S.2C14H17NOS2.C13H20N2O2S.C13H20N2OS.C11H18N2OS/c1-14(2,3)12-8-7-11(18-12)13(17)15-16-9-5-4-6-10-16;1-14(2,3)12-5-4-11(18-12)13(16)15-8-10-6-7-17-9-10;1-14(2,3)12-7-6-11(18-12)13(16)15-9-10-5-4-8-17-10;1-14(2,3)12-5-4-11(18-12)13(16)15-8-10-6-7-17-9-10;1-14(2,3)12-7-6-11(18-12)13(16)15-9-10-5-4-8-17-10;1-13(2,3)11-5-4-10(18-11)12(16)14-15-6-8-17-9-7-15;1-13(2,3)11-7-6-10(17-11)12(16)14-15-8-4-5-9-15;1-11(2,3)9-7-6-8(15-9)10(14)12-13(4)5/h7-8H,4-6,9-10H2,1-3H3,(H,15,17);4-7,9H,8H2,1-3H3,(H,15,16);4-8H,9H2,1-3H3,(H,15,16);4-7,9H,8H2,1-3H3,(H,15,16);4-8H,9H2,1-3H3,(H,15,16);4-5H,6-9H2,1-3H3,(H,14,16);6-7H,4-5,8-9H2,1-3H3,(H,14,16);6-7H,1-5H3,(H,12,14). The predicted octanol–water partition coefficient (Wildman–Crippen LogP) is 25.4. The zero-order valence-electron chi connectivity index (χ0n) is 86.5. The van der Waals surface area contributed by atoms with Gasteiger partial charge in [0.2, 0.25) is 0 Å². The number of nitrogens with one attached hydrogen (secondary N) is 8. The Kier molecular flexibility index (Phi) is 44.6. The third kappa shape index (κ3) is 40.0. The highest BCUT2D eigenvalue weighted by molar-refractivity contribution is 7.16. The van der Waals surface area contributed by atoms with Gasteiger partial charge in [-0.1, -0.05) is 179 Å². The molecule has 140 heavy (non-hydrogen) atoms. The largest absolute Gasteiger partial charge is 0.472 e. The Morgan fingerprint density at radius 1 is 0.314 bits per heavy atom. The van der Waals surface area contributed by atoms with Crippen LogP contribution in [0.5, 0.6) is 0 Å². The van der Waals surface area contributed by atoms with Crippen molar-refractivity contribution >= 4 is 161 Å². The molecule has 3 aliphatic heterocycles. The first-order valence-corrected chi connectivity index (χ1v) is 55.7. The number of thiophene rings is 10. The third-order valence-corrected chi connectivity index (χ3v) is 34.9. The molecule has 12 aromatic rings. The summed E-state index contributed by atoms with van der Waals surface area (Å²) in [4.78, 5) is 113. The van der Waals surface area contributed by atoms with Gasteiger partial charge in [0, 0.05) is 116 Å². The molecule has 0 aliphatic carbocycles. The summed E-state index contributed by atoms with van der Waals surface area (Å²) in [5.74, 6) is 0.729. The number of hydrogen-bond donors (Lipinski definition) is 8. The lowest BCUT2D eigenvalue weighted by molar-refractivity contribution is 0.0127. The number of hydrogen-bond acceptors (Lipinski definition) is 25. The summed E-state index contributed by atoms with van der Waals surface area (Å²) in [7, 11) is 3.60. The molecule has 0 atom stereocenters. The van der Waals surface area contributed by atoms with Crippen molar-refractivity contribution in [1.82, 2.24) is 63.0 Å². The molecular formula is C107H148N12O11S10. The molecule has 15 heterocycles. The summed E-state index contributed by atoms with van der Waals surface area (Å²) < 4.78 is 15.4. The van der Waals surface area contributed by atoms with Crippen LogP contribution in [0.15, 0.2) is 177 Å². The highest BCUT2D eigenvalue weighted by Crippen LogP contribution is 2.37. The topological polar surface area (TPSA) is 281 Å². The lowest BCUT2D eigenvalue weighted by Crippen LogP contribution is -2.48. The van der Waals surface area contributed by atoms with Crippen LogP contribution >= 0.6 is 113 Å². The van der Waals surface area contributed by atoms with E-state index in [1.807, 2.05) is 147 Å². The first-order chi connectivity index (χ1) is 65.6. The number of ether oxygens (including phenoxy) is 1. The lowest BCUT2D eigenvalue weighted by Gasteiger charge is -2.26. The quantitative estimate of drug-likeness (QED) is 0.0329. The summed E-state index contributed by atoms with van der Waals surface area (Å²) in [6.07, 6.45) is 10.8. The van der Waals surface area contributed by atoms with Crippen LogP contribution in [0.4, 0.5) is 0 Å². The van der Waals surface area contributed by atoms with Crippen LogP contribution in [0.25, 0.3) is 0 Å². The SMILES string of the molecule is CC(C)(C)c1ccc(C(=O)NCc2ccco2)s1.CC(C)(C)c1ccc(C(=O)NCc2cccs2)s1.CC(C)(C)c1ccc(C(=O)NCc2ccoc2)s1.CC(C)(C)c1ccc(C(=O)NCc2ccsc2)s1.CC(C)(C)c1ccc(C(=O)NN2CCCC2)s1.CC(C)(C)c1ccc(C(=O)NN2CCCCC2)s1.CC(C)(C)c1ccc(C(=O)NN2CCOCC2)s1.CN(C)NC(=O)c1ccc(C(C)(C)C)s1. The third-order valence-electron chi connectivity index (χ3n) is 21.2. The van der Waals surface area contributed by atoms with E-state index >= 15 is 0 Å². The smallest absolute Gasteiger partial charge is 0.275 e. The van der Waals surface area contributed by atoms with Gasteiger partial charge in [-0.05, 0) is 218 Å². The molecule has 8 N–H and O–H groups in total. The lowest BCUT2D eigenvalue weighted by atomic mass is 9.95. The molecule has 3 saturated heterocycles. The van der Waals surface area contributed by atoms with Crippen LogP contribution in [0.2, 0.25) is 0 Å². The molecule has 33 heteroatoms. The number of amides is 8. The number of rotatable bonds is 20. The van der Waals surface area contributed by atoms with Crippen molar-refractivity contribution < 1.29 is 51.9 Å². The Morgan fingerprint density at radius 2 is 0.621 bits per heavy atom. The van der Waals surface area contributed by atoms with E-state index in [0.717, 1.165) is 95.2 Å². The van der Waals surface area contributed by atoms with Crippen LogP contribution < -0.4 is 43.0 Å². The molecule has 8 amide bonds. The van der Waals surface area contributed by atoms with Crippen molar-refractivity contribution in [2.24, 2.45) is 0 Å². The summed E-state index contributed by atoms with van der Waals surface area (Å²) in [6.45, 7) is 60.6. The fourth-order valence-corrected chi connectivity index (χ4v) is 22.0. The Morgan fingerprint density at radius 3 is 0.900 bits per heavy atom. The van der Waals surface area contributed by atoms with Crippen LogP contribution in [0.3, 0.4) is 0 Å². The minimum Gasteiger partial charge on any atom is -0.472 e. The highest BCUT2D eigenvalue weighted by atomic mass is 32.1. The number of morpholine rings is 1. The highest BCUT2D eigenvalue weighted by Gasteiger charge is 2.29. The van der Waals surface area contributed by atoms with Crippen LogP contribution in [0, 0.1) is 0 Å². The van der Waals surface area contributed by atoms with Gasteiger partial charge < -0.3 is 34.8 Å². The van der Waals surface area contributed by atoms with Crippen LogP contribution in [-0.4, -0.2) is 134 Å². The maximum absolute atomic E-state index is 12.1. The van der Waals surface area contributed by atoms with E-state index in [2.05, 4.69) is 227 Å². The van der Waals surface area contributed by atoms with Gasteiger partial charge in [0.05, 0.1) is 84.1 Å². The van der Waals surface area contributed by atoms with Gasteiger partial charge in [0.15, 0.2) is 0 Å². The molecule has 0 bridgehead atoms. The zero-order valence-corrected chi connectivity index (χ0v) is 94.7. The van der Waals surface area contributed by atoms with Crippen LogP contribution in [-0.2, 0) is 74.2 Å². The average Bonchev–Trinajstić information content (AvgIpc) is 1.72.